The summed E-state index contributed by atoms with van der Waals surface area (Å²) in [5.74, 6) is -3.11. The maximum atomic E-state index is 12.9. The molecule has 110 valence electrons. The first-order valence-corrected chi connectivity index (χ1v) is 6.91. The Balaban J connectivity index is 3.09. The molecule has 0 aliphatic carbocycles. The van der Waals surface area contributed by atoms with Crippen LogP contribution in [0.4, 0.5) is 4.39 Å². The Hall–Kier alpha value is -2.00. The van der Waals surface area contributed by atoms with Gasteiger partial charge in [0.25, 0.3) is 0 Å². The largest absolute Gasteiger partial charge is 0.480 e. The minimum absolute atomic E-state index is 0.112. The number of primary amides is 1. The van der Waals surface area contributed by atoms with Crippen molar-refractivity contribution >= 4 is 21.9 Å². The van der Waals surface area contributed by atoms with Crippen molar-refractivity contribution in [3.8, 4) is 0 Å². The average molecular weight is 304 g/mol. The van der Waals surface area contributed by atoms with E-state index in [1.807, 2.05) is 4.72 Å². The molecule has 0 saturated carbocycles. The summed E-state index contributed by atoms with van der Waals surface area (Å²) < 4.78 is 38.8. The molecule has 0 heterocycles. The number of carbonyl (C=O) groups excluding carboxylic acids is 1. The van der Waals surface area contributed by atoms with Crippen LogP contribution >= 0.6 is 0 Å². The van der Waals surface area contributed by atoms with Crippen molar-refractivity contribution in [2.24, 2.45) is 5.73 Å². The molecule has 4 N–H and O–H groups in total. The molecule has 7 nitrogen and oxygen atoms in total. The van der Waals surface area contributed by atoms with Crippen LogP contribution < -0.4 is 10.5 Å². The molecule has 1 aromatic rings. The predicted molar refractivity (Wildman–Crippen MR) is 66.7 cm³/mol. The zero-order valence-electron chi connectivity index (χ0n) is 10.5. The van der Waals surface area contributed by atoms with Crippen molar-refractivity contribution in [2.75, 3.05) is 0 Å². The van der Waals surface area contributed by atoms with Gasteiger partial charge in [-0.15, -0.1) is 0 Å². The van der Waals surface area contributed by atoms with Crippen LogP contribution in [-0.4, -0.2) is 31.4 Å². The molecule has 20 heavy (non-hydrogen) atoms. The van der Waals surface area contributed by atoms with Crippen molar-refractivity contribution in [2.45, 2.75) is 24.3 Å². The van der Waals surface area contributed by atoms with Crippen LogP contribution in [0.5, 0.6) is 0 Å². The van der Waals surface area contributed by atoms with Gasteiger partial charge in [0, 0.05) is 0 Å². The highest BCUT2D eigenvalue weighted by Gasteiger charge is 2.27. The number of hydrogen-bond acceptors (Lipinski definition) is 4. The fourth-order valence-electron chi connectivity index (χ4n) is 1.55. The second kappa shape index (κ2) is 5.97. The van der Waals surface area contributed by atoms with Crippen molar-refractivity contribution in [3.05, 3.63) is 29.6 Å². The summed E-state index contributed by atoms with van der Waals surface area (Å²) >= 11 is 0. The van der Waals surface area contributed by atoms with E-state index < -0.39 is 40.2 Å². The third-order valence-corrected chi connectivity index (χ3v) is 4.06. The molecule has 0 saturated heterocycles. The quantitative estimate of drug-likeness (QED) is 0.667. The van der Waals surface area contributed by atoms with Gasteiger partial charge in [-0.1, -0.05) is 0 Å². The third-order valence-electron chi connectivity index (χ3n) is 2.43. The Bertz CT molecular complexity index is 644. The molecular formula is C11H13FN2O5S. The van der Waals surface area contributed by atoms with Gasteiger partial charge in [0.1, 0.15) is 11.9 Å². The molecular weight excluding hydrogens is 291 g/mol. The second-order valence-corrected chi connectivity index (χ2v) is 5.77. The van der Waals surface area contributed by atoms with E-state index in [4.69, 9.17) is 10.8 Å². The number of hydrogen-bond donors (Lipinski definition) is 3. The smallest absolute Gasteiger partial charge is 0.322 e. The van der Waals surface area contributed by atoms with E-state index in [0.717, 1.165) is 18.2 Å². The molecule has 1 amide bonds. The van der Waals surface area contributed by atoms with Gasteiger partial charge in [-0.2, -0.15) is 4.72 Å². The Morgan fingerprint density at radius 1 is 1.45 bits per heavy atom. The summed E-state index contributed by atoms with van der Waals surface area (Å²) in [5, 5.41) is 8.85. The first-order valence-electron chi connectivity index (χ1n) is 5.43. The summed E-state index contributed by atoms with van der Waals surface area (Å²) in [6.45, 7) is 1.36. The Labute approximate surface area is 114 Å². The van der Waals surface area contributed by atoms with E-state index in [-0.39, 0.29) is 10.5 Å². The maximum absolute atomic E-state index is 12.9. The van der Waals surface area contributed by atoms with Gasteiger partial charge >= 0.3 is 5.97 Å². The number of nitrogens with one attached hydrogen (secondary N) is 1. The number of carboxylic acids is 1. The predicted octanol–water partition coefficient (Wildman–Crippen LogP) is -0.259. The number of benzene rings is 1. The lowest BCUT2D eigenvalue weighted by atomic mass is 10.2. The van der Waals surface area contributed by atoms with Crippen molar-refractivity contribution in [1.82, 2.24) is 4.72 Å². The van der Waals surface area contributed by atoms with Gasteiger partial charge in [0.2, 0.25) is 15.9 Å². The summed E-state index contributed by atoms with van der Waals surface area (Å²) in [6, 6.07) is 1.27. The topological polar surface area (TPSA) is 127 Å². The first-order chi connectivity index (χ1) is 9.13. The van der Waals surface area contributed by atoms with Crippen LogP contribution in [-0.2, 0) is 19.6 Å². The Morgan fingerprint density at radius 2 is 2.05 bits per heavy atom. The molecule has 0 spiro atoms. The van der Waals surface area contributed by atoms with Gasteiger partial charge in [-0.3, -0.25) is 9.59 Å². The minimum atomic E-state index is -4.20. The molecule has 0 fully saturated rings. The average Bonchev–Trinajstić information content (AvgIpc) is 2.26. The van der Waals surface area contributed by atoms with E-state index >= 15 is 0 Å². The van der Waals surface area contributed by atoms with E-state index in [0.29, 0.717) is 0 Å². The lowest BCUT2D eigenvalue weighted by molar-refractivity contribution is -0.140. The van der Waals surface area contributed by atoms with Crippen LogP contribution in [0.25, 0.3) is 0 Å². The Kier molecular flexibility index (Phi) is 4.79. The summed E-state index contributed by atoms with van der Waals surface area (Å²) in [7, 11) is -4.20. The number of amides is 1. The second-order valence-electron chi connectivity index (χ2n) is 4.09. The number of aryl methyl sites for hydroxylation is 1. The zero-order chi connectivity index (χ0) is 15.5. The molecule has 1 aromatic carbocycles. The highest BCUT2D eigenvalue weighted by molar-refractivity contribution is 7.89. The highest BCUT2D eigenvalue weighted by Crippen LogP contribution is 2.16. The molecule has 0 unspecified atom stereocenters. The van der Waals surface area contributed by atoms with Crippen LogP contribution in [0.3, 0.4) is 0 Å². The number of aliphatic carboxylic acids is 1. The highest BCUT2D eigenvalue weighted by atomic mass is 32.2. The molecule has 1 atom stereocenters. The van der Waals surface area contributed by atoms with Crippen LogP contribution in [0, 0.1) is 12.7 Å². The molecule has 9 heteroatoms. The van der Waals surface area contributed by atoms with Crippen molar-refractivity contribution in [1.29, 1.82) is 0 Å². The number of nitrogens with two attached hydrogens (primary N) is 1. The summed E-state index contributed by atoms with van der Waals surface area (Å²) in [4.78, 5) is 21.3. The zero-order valence-corrected chi connectivity index (χ0v) is 11.3. The Morgan fingerprint density at radius 3 is 2.50 bits per heavy atom. The van der Waals surface area contributed by atoms with Crippen LogP contribution in [0.2, 0.25) is 0 Å². The van der Waals surface area contributed by atoms with Gasteiger partial charge in [-0.25, -0.2) is 12.8 Å². The van der Waals surface area contributed by atoms with Gasteiger partial charge < -0.3 is 10.8 Å². The number of carboxylic acid groups (broad SMARTS) is 1. The van der Waals surface area contributed by atoms with Crippen LogP contribution in [0.1, 0.15) is 12.0 Å². The van der Waals surface area contributed by atoms with E-state index in [1.54, 1.807) is 0 Å². The monoisotopic (exact) mass is 304 g/mol. The van der Waals surface area contributed by atoms with Gasteiger partial charge in [0.15, 0.2) is 0 Å². The van der Waals surface area contributed by atoms with E-state index in [1.165, 1.54) is 6.92 Å². The van der Waals surface area contributed by atoms with Crippen molar-refractivity contribution < 1.29 is 27.5 Å². The van der Waals surface area contributed by atoms with E-state index in [2.05, 4.69) is 0 Å². The summed E-state index contributed by atoms with van der Waals surface area (Å²) in [5.41, 5.74) is 4.96. The molecule has 0 aliphatic rings. The molecule has 1 rings (SSSR count). The lowest BCUT2D eigenvalue weighted by Gasteiger charge is -2.14. The van der Waals surface area contributed by atoms with Gasteiger partial charge in [-0.05, 0) is 30.7 Å². The molecule has 0 aliphatic heterocycles. The molecule has 0 bridgehead atoms. The third kappa shape index (κ3) is 4.00. The SMILES string of the molecule is Cc1cc(F)ccc1S(=O)(=O)N[C@H](CC(N)=O)C(=O)O. The van der Waals surface area contributed by atoms with Crippen LogP contribution in [0.15, 0.2) is 23.1 Å². The molecule has 0 aromatic heterocycles. The molecule has 0 radical (unpaired) electrons. The minimum Gasteiger partial charge on any atom is -0.480 e. The summed E-state index contributed by atoms with van der Waals surface area (Å²) in [6.07, 6.45) is -0.686. The van der Waals surface area contributed by atoms with E-state index in [9.17, 15) is 22.4 Å². The number of carbonyl (C=O) groups is 2. The van der Waals surface area contributed by atoms with Gasteiger partial charge in [0.05, 0.1) is 11.3 Å². The van der Waals surface area contributed by atoms with Crippen molar-refractivity contribution in [3.63, 3.8) is 0 Å². The first kappa shape index (κ1) is 16.1. The lowest BCUT2D eigenvalue weighted by Crippen LogP contribution is -2.43. The normalized spacial score (nSPS) is 12.9. The maximum Gasteiger partial charge on any atom is 0.322 e. The fraction of sp³-hybridized carbons (Fsp3) is 0.273. The number of halogens is 1. The fourth-order valence-corrected chi connectivity index (χ4v) is 2.96. The number of rotatable bonds is 6. The standard InChI is InChI=1S/C11H13FN2O5S/c1-6-4-7(12)2-3-9(6)20(18,19)14-8(11(16)17)5-10(13)15/h2-4,8,14H,5H2,1H3,(H2,13,15)(H,16,17)/t8-/m1/s1. The number of sulfonamides is 1.